The average Bonchev–Trinajstić information content (AvgIpc) is 2.79. The Bertz CT molecular complexity index is 1260. The summed E-state index contributed by atoms with van der Waals surface area (Å²) in [5, 5.41) is 4.85. The van der Waals surface area contributed by atoms with Gasteiger partial charge in [0, 0.05) is 22.2 Å². The minimum absolute atomic E-state index is 0.258. The van der Waals surface area contributed by atoms with Crippen molar-refractivity contribution >= 4 is 23.8 Å². The lowest BCUT2D eigenvalue weighted by atomic mass is 10.1. The molecule has 0 saturated heterocycles. The molecular formula is C24H19ClN4O2. The maximum Gasteiger partial charge on any atom is 0.252 e. The van der Waals surface area contributed by atoms with Crippen LogP contribution < -0.4 is 15.7 Å². The largest absolute Gasteiger partial charge is 0.489 e. The number of aromatic amines is 1. The van der Waals surface area contributed by atoms with E-state index in [9.17, 15) is 4.79 Å². The minimum atomic E-state index is -0.262. The molecule has 1 aromatic heterocycles. The first-order valence-corrected chi connectivity index (χ1v) is 9.97. The minimum Gasteiger partial charge on any atom is -0.489 e. The Morgan fingerprint density at radius 2 is 1.81 bits per heavy atom. The van der Waals surface area contributed by atoms with Crippen LogP contribution in [-0.2, 0) is 6.61 Å². The maximum absolute atomic E-state index is 12.0. The second kappa shape index (κ2) is 9.73. The van der Waals surface area contributed by atoms with Crippen molar-refractivity contribution in [2.75, 3.05) is 5.43 Å². The lowest BCUT2D eigenvalue weighted by Crippen LogP contribution is -2.10. The van der Waals surface area contributed by atoms with E-state index in [2.05, 4.69) is 20.5 Å². The zero-order valence-electron chi connectivity index (χ0n) is 16.5. The predicted molar refractivity (Wildman–Crippen MR) is 124 cm³/mol. The number of hydrogen-bond acceptors (Lipinski definition) is 5. The van der Waals surface area contributed by atoms with E-state index < -0.39 is 0 Å². The van der Waals surface area contributed by atoms with Crippen molar-refractivity contribution in [2.45, 2.75) is 6.61 Å². The molecular weight excluding hydrogens is 412 g/mol. The van der Waals surface area contributed by atoms with Gasteiger partial charge in [0.2, 0.25) is 5.95 Å². The number of hydrogen-bond donors (Lipinski definition) is 2. The number of halogens is 1. The van der Waals surface area contributed by atoms with Crippen LogP contribution >= 0.6 is 11.6 Å². The van der Waals surface area contributed by atoms with Gasteiger partial charge in [-0.2, -0.15) is 5.10 Å². The summed E-state index contributed by atoms with van der Waals surface area (Å²) in [6, 6.07) is 26.0. The highest BCUT2D eigenvalue weighted by Gasteiger charge is 2.03. The highest BCUT2D eigenvalue weighted by atomic mass is 35.5. The second-order valence-electron chi connectivity index (χ2n) is 6.67. The average molecular weight is 431 g/mol. The third kappa shape index (κ3) is 5.58. The van der Waals surface area contributed by atoms with Gasteiger partial charge in [0.05, 0.1) is 11.9 Å². The molecule has 6 nitrogen and oxygen atoms in total. The van der Waals surface area contributed by atoms with Crippen molar-refractivity contribution in [2.24, 2.45) is 5.10 Å². The van der Waals surface area contributed by atoms with Crippen molar-refractivity contribution < 1.29 is 4.74 Å². The third-order valence-electron chi connectivity index (χ3n) is 4.41. The molecule has 0 fully saturated rings. The first-order chi connectivity index (χ1) is 15.2. The molecule has 4 rings (SSSR count). The maximum atomic E-state index is 12.0. The number of ether oxygens (including phenoxy) is 1. The zero-order chi connectivity index (χ0) is 21.5. The van der Waals surface area contributed by atoms with Crippen LogP contribution in [0, 0.1) is 0 Å². The Balaban J connectivity index is 1.43. The topological polar surface area (TPSA) is 79.4 Å². The van der Waals surface area contributed by atoms with Crippen molar-refractivity contribution in [3.05, 3.63) is 111 Å². The molecule has 0 bridgehead atoms. The predicted octanol–water partition coefficient (Wildman–Crippen LogP) is 5.12. The van der Waals surface area contributed by atoms with E-state index in [0.717, 1.165) is 16.7 Å². The Kier molecular flexibility index (Phi) is 6.40. The second-order valence-corrected chi connectivity index (χ2v) is 7.08. The fraction of sp³-hybridized carbons (Fsp3) is 0.0417. The van der Waals surface area contributed by atoms with Gasteiger partial charge in [-0.05, 0) is 23.8 Å². The number of anilines is 1. The van der Waals surface area contributed by atoms with Crippen molar-refractivity contribution in [1.82, 2.24) is 9.97 Å². The van der Waals surface area contributed by atoms with Gasteiger partial charge in [-0.1, -0.05) is 72.3 Å². The van der Waals surface area contributed by atoms with Crippen LogP contribution in [0.5, 0.6) is 5.75 Å². The van der Waals surface area contributed by atoms with Gasteiger partial charge in [-0.15, -0.1) is 0 Å². The van der Waals surface area contributed by atoms with Crippen LogP contribution in [0.3, 0.4) is 0 Å². The molecule has 3 aromatic carbocycles. The Hall–Kier alpha value is -3.90. The van der Waals surface area contributed by atoms with Crippen LogP contribution in [0.15, 0.2) is 94.8 Å². The Labute approximate surface area is 184 Å². The summed E-state index contributed by atoms with van der Waals surface area (Å²) in [4.78, 5) is 19.0. The van der Waals surface area contributed by atoms with Crippen LogP contribution in [0.25, 0.3) is 11.3 Å². The molecule has 0 spiro atoms. The van der Waals surface area contributed by atoms with Crippen LogP contribution in [-0.4, -0.2) is 16.2 Å². The number of H-pyrrole nitrogens is 1. The highest BCUT2D eigenvalue weighted by Crippen LogP contribution is 2.19. The summed E-state index contributed by atoms with van der Waals surface area (Å²) in [5.74, 6) is 0.954. The van der Waals surface area contributed by atoms with Crippen molar-refractivity contribution in [1.29, 1.82) is 0 Å². The first kappa shape index (κ1) is 20.4. The van der Waals surface area contributed by atoms with Gasteiger partial charge >= 0.3 is 0 Å². The summed E-state index contributed by atoms with van der Waals surface area (Å²) in [5.41, 5.74) is 5.67. The normalized spacial score (nSPS) is 10.9. The standard InChI is InChI=1S/C24H19ClN4O2/c25-21-12-5-4-10-19(21)16-31-20-11-6-7-17(13-20)15-26-29-24-27-22(14-23(30)28-24)18-8-2-1-3-9-18/h1-15H,16H2,(H2,27,28,29,30)/b26-15+. The van der Waals surface area contributed by atoms with Crippen molar-refractivity contribution in [3.8, 4) is 17.0 Å². The van der Waals surface area contributed by atoms with Crippen LogP contribution in [0.4, 0.5) is 5.95 Å². The van der Waals surface area contributed by atoms with E-state index in [1.54, 1.807) is 6.21 Å². The Morgan fingerprint density at radius 1 is 1.00 bits per heavy atom. The first-order valence-electron chi connectivity index (χ1n) is 9.59. The number of rotatable bonds is 7. The quantitative estimate of drug-likeness (QED) is 0.315. The lowest BCUT2D eigenvalue weighted by Gasteiger charge is -2.08. The molecule has 0 aliphatic heterocycles. The molecule has 1 heterocycles. The molecule has 0 unspecified atom stereocenters. The monoisotopic (exact) mass is 430 g/mol. The molecule has 0 aliphatic rings. The van der Waals surface area contributed by atoms with E-state index in [1.807, 2.05) is 78.9 Å². The summed E-state index contributed by atoms with van der Waals surface area (Å²) >= 11 is 6.17. The molecule has 7 heteroatoms. The van der Waals surface area contributed by atoms with Gasteiger partial charge in [-0.25, -0.2) is 10.4 Å². The number of benzene rings is 3. The van der Waals surface area contributed by atoms with E-state index >= 15 is 0 Å². The van der Waals surface area contributed by atoms with Crippen LogP contribution in [0.2, 0.25) is 5.02 Å². The molecule has 0 atom stereocenters. The molecule has 0 radical (unpaired) electrons. The number of nitrogens with zero attached hydrogens (tertiary/aromatic N) is 2. The van der Waals surface area contributed by atoms with Crippen molar-refractivity contribution in [3.63, 3.8) is 0 Å². The highest BCUT2D eigenvalue weighted by molar-refractivity contribution is 6.31. The van der Waals surface area contributed by atoms with Gasteiger partial charge in [0.15, 0.2) is 0 Å². The van der Waals surface area contributed by atoms with E-state index in [1.165, 1.54) is 6.07 Å². The Morgan fingerprint density at radius 3 is 2.65 bits per heavy atom. The number of hydrazone groups is 1. The number of aromatic nitrogens is 2. The van der Waals surface area contributed by atoms with Gasteiger partial charge in [-0.3, -0.25) is 9.78 Å². The van der Waals surface area contributed by atoms with E-state index in [4.69, 9.17) is 16.3 Å². The van der Waals surface area contributed by atoms with Gasteiger partial charge in [0.25, 0.3) is 5.56 Å². The molecule has 4 aromatic rings. The summed E-state index contributed by atoms with van der Waals surface area (Å²) in [6.45, 7) is 0.371. The van der Waals surface area contributed by atoms with E-state index in [-0.39, 0.29) is 11.5 Å². The van der Waals surface area contributed by atoms with Gasteiger partial charge < -0.3 is 4.74 Å². The van der Waals surface area contributed by atoms with Gasteiger partial charge in [0.1, 0.15) is 12.4 Å². The van der Waals surface area contributed by atoms with E-state index in [0.29, 0.717) is 23.1 Å². The third-order valence-corrected chi connectivity index (χ3v) is 4.77. The lowest BCUT2D eigenvalue weighted by molar-refractivity contribution is 0.306. The molecule has 0 aliphatic carbocycles. The zero-order valence-corrected chi connectivity index (χ0v) is 17.2. The fourth-order valence-corrected chi connectivity index (χ4v) is 3.09. The fourth-order valence-electron chi connectivity index (χ4n) is 2.90. The summed E-state index contributed by atoms with van der Waals surface area (Å²) < 4.78 is 5.83. The molecule has 31 heavy (non-hydrogen) atoms. The smallest absolute Gasteiger partial charge is 0.252 e. The molecule has 154 valence electrons. The summed E-state index contributed by atoms with van der Waals surface area (Å²) in [7, 11) is 0. The molecule has 0 saturated carbocycles. The summed E-state index contributed by atoms with van der Waals surface area (Å²) in [6.07, 6.45) is 1.62. The molecule has 2 N–H and O–H groups in total. The SMILES string of the molecule is O=c1cc(-c2ccccc2)nc(N/N=C/c2cccc(OCc3ccccc3Cl)c2)[nH]1. The molecule has 0 amide bonds. The number of nitrogens with one attached hydrogen (secondary N) is 2. The van der Waals surface area contributed by atoms with Crippen LogP contribution in [0.1, 0.15) is 11.1 Å².